The Morgan fingerprint density at radius 1 is 1.28 bits per heavy atom. The van der Waals surface area contributed by atoms with Gasteiger partial charge in [0, 0.05) is 18.5 Å². The predicted molar refractivity (Wildman–Crippen MR) is 80.2 cm³/mol. The zero-order chi connectivity index (χ0) is 19.2. The standard InChI is InChI=1S/C12H11F3N4O5S/c1-19-8-3-5(24-25(21,22)23)2-7(12(13,14)15)6(8)4-9(19)10(20)18-11(16)17/h2-4H,1H3,(H,21,22,23)(H4,16,17,18,20). The number of nitrogens with zero attached hydrogens (tertiary/aromatic N) is 2. The van der Waals surface area contributed by atoms with E-state index in [9.17, 15) is 26.4 Å². The third-order valence-corrected chi connectivity index (χ3v) is 3.50. The van der Waals surface area contributed by atoms with Crippen LogP contribution in [-0.4, -0.2) is 29.4 Å². The van der Waals surface area contributed by atoms with Crippen molar-refractivity contribution in [3.05, 3.63) is 29.5 Å². The summed E-state index contributed by atoms with van der Waals surface area (Å²) in [5.41, 5.74) is 8.39. The molecule has 0 saturated heterocycles. The van der Waals surface area contributed by atoms with Gasteiger partial charge in [0.1, 0.15) is 11.4 Å². The second-order valence-corrected chi connectivity index (χ2v) is 5.87. The Bertz CT molecular complexity index is 990. The zero-order valence-corrected chi connectivity index (χ0v) is 13.2. The highest BCUT2D eigenvalue weighted by atomic mass is 32.3. The maximum atomic E-state index is 13.3. The second kappa shape index (κ2) is 5.93. The third kappa shape index (κ3) is 4.00. The van der Waals surface area contributed by atoms with Gasteiger partial charge in [-0.05, 0) is 12.1 Å². The molecule has 0 unspecified atom stereocenters. The molecule has 0 aliphatic heterocycles. The third-order valence-electron chi connectivity index (χ3n) is 3.09. The number of amides is 1. The molecule has 25 heavy (non-hydrogen) atoms. The number of rotatable bonds is 3. The van der Waals surface area contributed by atoms with Crippen LogP contribution >= 0.6 is 0 Å². The average molecular weight is 380 g/mol. The van der Waals surface area contributed by atoms with Crippen molar-refractivity contribution in [1.82, 2.24) is 4.57 Å². The number of nitrogens with two attached hydrogens (primary N) is 2. The molecular formula is C12H11F3N4O5S. The van der Waals surface area contributed by atoms with E-state index in [4.69, 9.17) is 16.0 Å². The van der Waals surface area contributed by atoms with Crippen molar-refractivity contribution < 1.29 is 35.1 Å². The summed E-state index contributed by atoms with van der Waals surface area (Å²) in [6.45, 7) is 0. The average Bonchev–Trinajstić information content (AvgIpc) is 2.72. The molecule has 0 spiro atoms. The summed E-state index contributed by atoms with van der Waals surface area (Å²) in [4.78, 5) is 15.1. The van der Waals surface area contributed by atoms with Crippen LogP contribution in [0, 0.1) is 0 Å². The van der Waals surface area contributed by atoms with Crippen molar-refractivity contribution in [2.75, 3.05) is 0 Å². The van der Waals surface area contributed by atoms with E-state index in [0.717, 1.165) is 16.7 Å². The first-order valence-corrected chi connectivity index (χ1v) is 7.67. The lowest BCUT2D eigenvalue weighted by Gasteiger charge is -2.11. The monoisotopic (exact) mass is 380 g/mol. The fraction of sp³-hybridized carbons (Fsp3) is 0.167. The zero-order valence-electron chi connectivity index (χ0n) is 12.4. The van der Waals surface area contributed by atoms with Crippen LogP contribution in [0.2, 0.25) is 0 Å². The minimum Gasteiger partial charge on any atom is -0.370 e. The normalized spacial score (nSPS) is 12.2. The molecule has 0 radical (unpaired) electrons. The number of hydrogen-bond donors (Lipinski definition) is 3. The van der Waals surface area contributed by atoms with E-state index in [1.807, 2.05) is 0 Å². The summed E-state index contributed by atoms with van der Waals surface area (Å²) in [5.74, 6) is -2.37. The highest BCUT2D eigenvalue weighted by Crippen LogP contribution is 2.39. The largest absolute Gasteiger partial charge is 0.446 e. The summed E-state index contributed by atoms with van der Waals surface area (Å²) in [6.07, 6.45) is -4.89. The smallest absolute Gasteiger partial charge is 0.370 e. The van der Waals surface area contributed by atoms with E-state index in [2.05, 4.69) is 9.18 Å². The van der Waals surface area contributed by atoms with Crippen LogP contribution in [-0.2, 0) is 23.6 Å². The number of carbonyl (C=O) groups excluding carboxylic acids is 1. The van der Waals surface area contributed by atoms with Gasteiger partial charge < -0.3 is 20.2 Å². The Morgan fingerprint density at radius 3 is 2.36 bits per heavy atom. The van der Waals surface area contributed by atoms with Crippen LogP contribution < -0.4 is 15.7 Å². The van der Waals surface area contributed by atoms with Crippen LogP contribution in [0.4, 0.5) is 13.2 Å². The van der Waals surface area contributed by atoms with Gasteiger partial charge in [0.25, 0.3) is 5.91 Å². The topological polar surface area (TPSA) is 150 Å². The van der Waals surface area contributed by atoms with E-state index in [-0.39, 0.29) is 11.2 Å². The van der Waals surface area contributed by atoms with E-state index >= 15 is 0 Å². The van der Waals surface area contributed by atoms with Crippen LogP contribution in [0.1, 0.15) is 16.1 Å². The van der Waals surface area contributed by atoms with Gasteiger partial charge in [-0.2, -0.15) is 26.6 Å². The minimum absolute atomic E-state index is 0.192. The fourth-order valence-corrected chi connectivity index (χ4v) is 2.53. The molecule has 1 amide bonds. The summed E-state index contributed by atoms with van der Waals surface area (Å²) in [7, 11) is -3.80. The quantitative estimate of drug-likeness (QED) is 0.405. The van der Waals surface area contributed by atoms with Gasteiger partial charge in [0.2, 0.25) is 0 Å². The summed E-state index contributed by atoms with van der Waals surface area (Å²) in [5, 5.41) is -0.410. The Hall–Kier alpha value is -2.80. The van der Waals surface area contributed by atoms with Crippen molar-refractivity contribution >= 4 is 33.2 Å². The number of aromatic nitrogens is 1. The van der Waals surface area contributed by atoms with Crippen LogP contribution in [0.3, 0.4) is 0 Å². The van der Waals surface area contributed by atoms with Crippen molar-refractivity contribution in [2.45, 2.75) is 6.18 Å². The first-order chi connectivity index (χ1) is 11.3. The van der Waals surface area contributed by atoms with Crippen molar-refractivity contribution in [2.24, 2.45) is 23.5 Å². The molecule has 13 heteroatoms. The summed E-state index contributed by atoms with van der Waals surface area (Å²) >= 11 is 0. The maximum Gasteiger partial charge on any atom is 0.446 e. The van der Waals surface area contributed by atoms with Gasteiger partial charge in [0.05, 0.1) is 11.1 Å². The SMILES string of the molecule is Cn1c(C(=O)N=C(N)N)cc2c(C(F)(F)F)cc(OS(=O)(=O)O)cc21. The van der Waals surface area contributed by atoms with Crippen molar-refractivity contribution in [3.63, 3.8) is 0 Å². The molecule has 2 rings (SSSR count). The van der Waals surface area contributed by atoms with Crippen LogP contribution in [0.25, 0.3) is 10.9 Å². The van der Waals surface area contributed by atoms with E-state index in [1.54, 1.807) is 0 Å². The first kappa shape index (κ1) is 18.5. The van der Waals surface area contributed by atoms with Gasteiger partial charge in [-0.15, -0.1) is 0 Å². The lowest BCUT2D eigenvalue weighted by atomic mass is 10.1. The Balaban J connectivity index is 2.79. The van der Waals surface area contributed by atoms with Gasteiger partial charge in [-0.25, -0.2) is 0 Å². The molecule has 0 aliphatic carbocycles. The Kier molecular flexibility index (Phi) is 4.40. The number of carbonyl (C=O) groups is 1. The Labute approximate surface area is 138 Å². The molecule has 0 aliphatic rings. The molecule has 0 atom stereocenters. The van der Waals surface area contributed by atoms with Crippen LogP contribution in [0.15, 0.2) is 23.2 Å². The number of fused-ring (bicyclic) bond motifs is 1. The molecule has 0 bridgehead atoms. The number of alkyl halides is 3. The van der Waals surface area contributed by atoms with Gasteiger partial charge in [-0.3, -0.25) is 9.35 Å². The number of hydrogen-bond acceptors (Lipinski definition) is 4. The van der Waals surface area contributed by atoms with E-state index in [0.29, 0.717) is 6.07 Å². The van der Waals surface area contributed by atoms with Gasteiger partial charge in [0.15, 0.2) is 5.96 Å². The molecule has 5 N–H and O–H groups in total. The minimum atomic E-state index is -5.04. The summed E-state index contributed by atoms with van der Waals surface area (Å²) < 4.78 is 75.1. The lowest BCUT2D eigenvalue weighted by molar-refractivity contribution is -0.136. The highest BCUT2D eigenvalue weighted by molar-refractivity contribution is 7.81. The predicted octanol–water partition coefficient (Wildman–Crippen LogP) is 0.792. The molecule has 2 aromatic rings. The van der Waals surface area contributed by atoms with Crippen molar-refractivity contribution in [1.29, 1.82) is 0 Å². The molecule has 1 aromatic heterocycles. The molecule has 1 heterocycles. The lowest BCUT2D eigenvalue weighted by Crippen LogP contribution is -2.24. The van der Waals surface area contributed by atoms with Gasteiger partial charge in [-0.1, -0.05) is 0 Å². The van der Waals surface area contributed by atoms with E-state index < -0.39 is 45.1 Å². The van der Waals surface area contributed by atoms with Gasteiger partial charge >= 0.3 is 16.6 Å². The highest BCUT2D eigenvalue weighted by Gasteiger charge is 2.35. The number of aryl methyl sites for hydroxylation is 1. The molecule has 0 fully saturated rings. The van der Waals surface area contributed by atoms with E-state index in [1.165, 1.54) is 7.05 Å². The van der Waals surface area contributed by atoms with Crippen LogP contribution in [0.5, 0.6) is 5.75 Å². The molecular weight excluding hydrogens is 369 g/mol. The number of aliphatic imine (C=N–C) groups is 1. The second-order valence-electron chi connectivity index (χ2n) is 4.84. The summed E-state index contributed by atoms with van der Waals surface area (Å²) in [6, 6.07) is 2.19. The number of benzene rings is 1. The Morgan fingerprint density at radius 2 is 1.88 bits per heavy atom. The number of halogens is 3. The molecule has 0 saturated carbocycles. The molecule has 9 nitrogen and oxygen atoms in total. The molecule has 136 valence electrons. The van der Waals surface area contributed by atoms with Crippen molar-refractivity contribution in [3.8, 4) is 5.75 Å². The maximum absolute atomic E-state index is 13.3. The number of guanidine groups is 1. The molecule has 1 aromatic carbocycles. The first-order valence-electron chi connectivity index (χ1n) is 6.31. The fourth-order valence-electron chi connectivity index (χ4n) is 2.19.